The zero-order chi connectivity index (χ0) is 5.21. The van der Waals surface area contributed by atoms with Gasteiger partial charge in [0, 0.05) is 0 Å². The van der Waals surface area contributed by atoms with Gasteiger partial charge in [-0.2, -0.15) is 8.42 Å². The summed E-state index contributed by atoms with van der Waals surface area (Å²) < 4.78 is 26.9. The minimum absolute atomic E-state index is 0. The SMILES string of the molecule is C.CCS(=O)(=O)O.[NaH]. The van der Waals surface area contributed by atoms with E-state index >= 15 is 0 Å². The third kappa shape index (κ3) is 15.8. The Morgan fingerprint density at radius 1 is 1.50 bits per heavy atom. The van der Waals surface area contributed by atoms with Gasteiger partial charge in [0.1, 0.15) is 0 Å². The summed E-state index contributed by atoms with van der Waals surface area (Å²) in [6.45, 7) is 1.37. The van der Waals surface area contributed by atoms with Crippen LogP contribution in [0.2, 0.25) is 0 Å². The Balaban J connectivity index is -0.000000125. The van der Waals surface area contributed by atoms with Crippen LogP contribution in [0, 0.1) is 0 Å². The van der Waals surface area contributed by atoms with Crippen LogP contribution in [0.5, 0.6) is 0 Å². The van der Waals surface area contributed by atoms with Crippen molar-refractivity contribution in [3.63, 3.8) is 0 Å². The van der Waals surface area contributed by atoms with E-state index in [4.69, 9.17) is 4.55 Å². The number of hydrogen-bond acceptors (Lipinski definition) is 2. The maximum atomic E-state index is 9.56. The first-order chi connectivity index (χ1) is 2.56. The molecule has 0 saturated heterocycles. The van der Waals surface area contributed by atoms with Crippen molar-refractivity contribution >= 4 is 39.7 Å². The molecule has 48 valence electrons. The Hall–Kier alpha value is 0.910. The molecular weight excluding hydrogens is 139 g/mol. The molecule has 0 amide bonds. The van der Waals surface area contributed by atoms with Crippen molar-refractivity contribution in [1.82, 2.24) is 0 Å². The van der Waals surface area contributed by atoms with E-state index < -0.39 is 10.1 Å². The molecule has 0 aromatic heterocycles. The predicted molar refractivity (Wildman–Crippen MR) is 36.0 cm³/mol. The molecule has 0 aliphatic rings. The molecule has 3 nitrogen and oxygen atoms in total. The van der Waals surface area contributed by atoms with Gasteiger partial charge >= 0.3 is 29.6 Å². The third-order valence-electron chi connectivity index (χ3n) is 0.365. The van der Waals surface area contributed by atoms with Crippen molar-refractivity contribution in [3.8, 4) is 0 Å². The van der Waals surface area contributed by atoms with Crippen molar-refractivity contribution in [1.29, 1.82) is 0 Å². The van der Waals surface area contributed by atoms with Crippen LogP contribution < -0.4 is 0 Å². The molecule has 0 atom stereocenters. The van der Waals surface area contributed by atoms with E-state index in [9.17, 15) is 8.42 Å². The van der Waals surface area contributed by atoms with Gasteiger partial charge in [-0.25, -0.2) is 0 Å². The van der Waals surface area contributed by atoms with Crippen LogP contribution >= 0.6 is 0 Å². The molecule has 0 bridgehead atoms. The monoisotopic (exact) mass is 150 g/mol. The molecule has 1 N–H and O–H groups in total. The molecule has 0 aliphatic carbocycles. The molecule has 0 aromatic rings. The Morgan fingerprint density at radius 3 is 1.62 bits per heavy atom. The fourth-order valence-corrected chi connectivity index (χ4v) is 0. The molecule has 0 spiro atoms. The molecule has 0 radical (unpaired) electrons. The molecule has 0 fully saturated rings. The number of rotatable bonds is 1. The minimum atomic E-state index is -3.66. The fraction of sp³-hybridized carbons (Fsp3) is 1.00. The average molecular weight is 150 g/mol. The molecular formula is C3H11NaO3S. The third-order valence-corrected chi connectivity index (χ3v) is 1.09. The van der Waals surface area contributed by atoms with E-state index in [-0.39, 0.29) is 42.7 Å². The summed E-state index contributed by atoms with van der Waals surface area (Å²) in [7, 11) is -3.66. The van der Waals surface area contributed by atoms with Gasteiger partial charge < -0.3 is 0 Å². The topological polar surface area (TPSA) is 54.4 Å². The Bertz CT molecular complexity index is 116. The van der Waals surface area contributed by atoms with E-state index in [2.05, 4.69) is 0 Å². The van der Waals surface area contributed by atoms with Crippen molar-refractivity contribution in [2.75, 3.05) is 5.75 Å². The second kappa shape index (κ2) is 6.04. The predicted octanol–water partition coefficient (Wildman–Crippen LogP) is -0.118. The first-order valence-electron chi connectivity index (χ1n) is 1.51. The van der Waals surface area contributed by atoms with Gasteiger partial charge in [0.15, 0.2) is 0 Å². The van der Waals surface area contributed by atoms with Crippen LogP contribution in [-0.4, -0.2) is 48.3 Å². The first-order valence-corrected chi connectivity index (χ1v) is 3.12. The van der Waals surface area contributed by atoms with Crippen LogP contribution in [0.15, 0.2) is 0 Å². The molecule has 0 aromatic carbocycles. The summed E-state index contributed by atoms with van der Waals surface area (Å²) in [6.07, 6.45) is 0. The fourth-order valence-electron chi connectivity index (χ4n) is 0. The summed E-state index contributed by atoms with van der Waals surface area (Å²) in [6, 6.07) is 0. The second-order valence-corrected chi connectivity index (χ2v) is 2.61. The summed E-state index contributed by atoms with van der Waals surface area (Å²) >= 11 is 0. The summed E-state index contributed by atoms with van der Waals surface area (Å²) in [5, 5.41) is 0. The molecule has 8 heavy (non-hydrogen) atoms. The summed E-state index contributed by atoms with van der Waals surface area (Å²) in [5.41, 5.74) is 0. The van der Waals surface area contributed by atoms with E-state index in [0.717, 1.165) is 0 Å². The Labute approximate surface area is 72.5 Å². The van der Waals surface area contributed by atoms with Gasteiger partial charge in [0.2, 0.25) is 0 Å². The zero-order valence-corrected chi connectivity index (χ0v) is 4.20. The van der Waals surface area contributed by atoms with E-state index in [0.29, 0.717) is 0 Å². The maximum absolute atomic E-state index is 9.56. The molecule has 0 aliphatic heterocycles. The van der Waals surface area contributed by atoms with Crippen LogP contribution in [0.25, 0.3) is 0 Å². The van der Waals surface area contributed by atoms with Gasteiger partial charge in [-0.05, 0) is 6.92 Å². The molecule has 5 heteroatoms. The first kappa shape index (κ1) is 16.0. The summed E-state index contributed by atoms with van der Waals surface area (Å²) in [5.74, 6) is -0.201. The quantitative estimate of drug-likeness (QED) is 0.419. The normalized spacial score (nSPS) is 8.75. The van der Waals surface area contributed by atoms with E-state index in [1.54, 1.807) is 0 Å². The molecule has 0 saturated carbocycles. The standard InChI is InChI=1S/C2H6O3S.CH4.Na.H/c1-2-6(3,4)5;;;/h2H2,1H3,(H,3,4,5);1H4;;. The Kier molecular flexibility index (Phi) is 12.0. The van der Waals surface area contributed by atoms with Crippen molar-refractivity contribution in [2.24, 2.45) is 0 Å². The van der Waals surface area contributed by atoms with Crippen LogP contribution in [0.4, 0.5) is 0 Å². The van der Waals surface area contributed by atoms with Gasteiger partial charge in [-0.15, -0.1) is 0 Å². The van der Waals surface area contributed by atoms with Crippen molar-refractivity contribution in [2.45, 2.75) is 14.4 Å². The van der Waals surface area contributed by atoms with Gasteiger partial charge in [0.05, 0.1) is 5.75 Å². The number of hydrogen-bond donors (Lipinski definition) is 1. The molecule has 0 unspecified atom stereocenters. The Morgan fingerprint density at radius 2 is 1.62 bits per heavy atom. The van der Waals surface area contributed by atoms with Crippen LogP contribution in [0.3, 0.4) is 0 Å². The van der Waals surface area contributed by atoms with Crippen LogP contribution in [-0.2, 0) is 10.1 Å². The van der Waals surface area contributed by atoms with Crippen molar-refractivity contribution < 1.29 is 13.0 Å². The van der Waals surface area contributed by atoms with Gasteiger partial charge in [0.25, 0.3) is 10.1 Å². The average Bonchev–Trinajstić information content (AvgIpc) is 1.35. The summed E-state index contributed by atoms with van der Waals surface area (Å²) in [4.78, 5) is 0. The van der Waals surface area contributed by atoms with Crippen molar-refractivity contribution in [3.05, 3.63) is 0 Å². The van der Waals surface area contributed by atoms with Crippen LogP contribution in [0.1, 0.15) is 14.4 Å². The van der Waals surface area contributed by atoms with E-state index in [1.807, 2.05) is 0 Å². The molecule has 0 heterocycles. The zero-order valence-electron chi connectivity index (χ0n) is 3.38. The van der Waals surface area contributed by atoms with Gasteiger partial charge in [-0.3, -0.25) is 4.55 Å². The molecule has 0 rings (SSSR count). The van der Waals surface area contributed by atoms with E-state index in [1.165, 1.54) is 6.92 Å². The van der Waals surface area contributed by atoms with Gasteiger partial charge in [-0.1, -0.05) is 7.43 Å². The second-order valence-electron chi connectivity index (χ2n) is 0.871.